The monoisotopic (exact) mass is 349 g/mol. The summed E-state index contributed by atoms with van der Waals surface area (Å²) in [6.07, 6.45) is 4.48. The summed E-state index contributed by atoms with van der Waals surface area (Å²) in [6, 6.07) is 5.07. The van der Waals surface area contributed by atoms with Gasteiger partial charge in [-0.15, -0.1) is 0 Å². The fourth-order valence-electron chi connectivity index (χ4n) is 2.18. The number of amides is 1. The van der Waals surface area contributed by atoms with Crippen LogP contribution in [0.3, 0.4) is 0 Å². The first kappa shape index (κ1) is 14.2. The minimum Gasteiger partial charge on any atom is -0.348 e. The molecule has 2 nitrogen and oxygen atoms in total. The van der Waals surface area contributed by atoms with Crippen molar-refractivity contribution >= 4 is 45.0 Å². The number of alkyl halides is 1. The molecule has 0 radical (unpaired) electrons. The van der Waals surface area contributed by atoms with Crippen molar-refractivity contribution in [2.24, 2.45) is 0 Å². The van der Waals surface area contributed by atoms with Crippen LogP contribution in [-0.4, -0.2) is 16.8 Å². The van der Waals surface area contributed by atoms with Crippen LogP contribution in [0.1, 0.15) is 36.0 Å². The Morgan fingerprint density at radius 1 is 1.17 bits per heavy atom. The lowest BCUT2D eigenvalue weighted by atomic mass is 9.95. The molecule has 1 aliphatic rings. The van der Waals surface area contributed by atoms with E-state index in [4.69, 9.17) is 23.2 Å². The highest BCUT2D eigenvalue weighted by Crippen LogP contribution is 2.25. The Bertz CT molecular complexity index is 432. The fraction of sp³-hybridized carbons (Fsp3) is 0.462. The first-order valence-corrected chi connectivity index (χ1v) is 7.64. The Morgan fingerprint density at radius 2 is 1.78 bits per heavy atom. The maximum absolute atomic E-state index is 12.1. The molecular weight excluding hydrogens is 337 g/mol. The molecule has 1 saturated carbocycles. The second-order valence-electron chi connectivity index (χ2n) is 4.54. The molecule has 1 aliphatic carbocycles. The molecule has 1 fully saturated rings. The van der Waals surface area contributed by atoms with Gasteiger partial charge in [0.05, 0.1) is 0 Å². The smallest absolute Gasteiger partial charge is 0.251 e. The van der Waals surface area contributed by atoms with Crippen LogP contribution in [0.4, 0.5) is 0 Å². The lowest BCUT2D eigenvalue weighted by Gasteiger charge is -2.28. The summed E-state index contributed by atoms with van der Waals surface area (Å²) >= 11 is 15.4. The van der Waals surface area contributed by atoms with Crippen LogP contribution >= 0.6 is 39.1 Å². The number of carbonyl (C=O) groups excluding carboxylic acids is 1. The zero-order chi connectivity index (χ0) is 13.1. The number of carbonyl (C=O) groups is 1. The molecule has 0 bridgehead atoms. The molecule has 2 atom stereocenters. The molecule has 18 heavy (non-hydrogen) atoms. The number of hydrogen-bond donors (Lipinski definition) is 1. The Labute approximate surface area is 125 Å². The van der Waals surface area contributed by atoms with Gasteiger partial charge in [0, 0.05) is 26.5 Å². The van der Waals surface area contributed by atoms with Gasteiger partial charge in [0.1, 0.15) is 0 Å². The van der Waals surface area contributed by atoms with Gasteiger partial charge in [0.25, 0.3) is 5.91 Å². The van der Waals surface area contributed by atoms with E-state index in [2.05, 4.69) is 21.2 Å². The van der Waals surface area contributed by atoms with E-state index in [1.54, 1.807) is 18.2 Å². The first-order valence-electron chi connectivity index (χ1n) is 5.97. The maximum atomic E-state index is 12.1. The van der Waals surface area contributed by atoms with Crippen molar-refractivity contribution in [2.45, 2.75) is 36.6 Å². The van der Waals surface area contributed by atoms with E-state index < -0.39 is 0 Å². The molecule has 5 heteroatoms. The third-order valence-corrected chi connectivity index (χ3v) is 4.66. The van der Waals surface area contributed by atoms with Crippen LogP contribution in [-0.2, 0) is 0 Å². The van der Waals surface area contributed by atoms with Gasteiger partial charge in [0.2, 0.25) is 0 Å². The van der Waals surface area contributed by atoms with Crippen molar-refractivity contribution in [3.63, 3.8) is 0 Å². The number of rotatable bonds is 2. The lowest BCUT2D eigenvalue weighted by molar-refractivity contribution is 0.0930. The van der Waals surface area contributed by atoms with Crippen molar-refractivity contribution in [3.05, 3.63) is 33.8 Å². The Hall–Kier alpha value is -0.250. The van der Waals surface area contributed by atoms with Crippen LogP contribution in [0.2, 0.25) is 10.0 Å². The van der Waals surface area contributed by atoms with Crippen molar-refractivity contribution < 1.29 is 4.79 Å². The van der Waals surface area contributed by atoms with Gasteiger partial charge < -0.3 is 5.32 Å². The highest BCUT2D eigenvalue weighted by molar-refractivity contribution is 9.09. The quantitative estimate of drug-likeness (QED) is 0.785. The molecule has 0 aliphatic heterocycles. The van der Waals surface area contributed by atoms with E-state index in [-0.39, 0.29) is 11.9 Å². The number of nitrogens with one attached hydrogen (secondary N) is 1. The van der Waals surface area contributed by atoms with E-state index in [0.717, 1.165) is 19.3 Å². The zero-order valence-corrected chi connectivity index (χ0v) is 12.9. The lowest BCUT2D eigenvalue weighted by Crippen LogP contribution is -2.42. The molecule has 0 heterocycles. The average molecular weight is 351 g/mol. The summed E-state index contributed by atoms with van der Waals surface area (Å²) in [5.74, 6) is -0.115. The normalized spacial score (nSPS) is 23.7. The largest absolute Gasteiger partial charge is 0.348 e. The maximum Gasteiger partial charge on any atom is 0.251 e. The topological polar surface area (TPSA) is 29.1 Å². The van der Waals surface area contributed by atoms with Crippen LogP contribution in [0.5, 0.6) is 0 Å². The molecular formula is C13H14BrCl2NO. The molecule has 1 aromatic carbocycles. The molecule has 1 amide bonds. The molecule has 2 rings (SSSR count). The zero-order valence-electron chi connectivity index (χ0n) is 9.76. The van der Waals surface area contributed by atoms with Crippen LogP contribution in [0, 0.1) is 0 Å². The van der Waals surface area contributed by atoms with Crippen molar-refractivity contribution in [3.8, 4) is 0 Å². The predicted octanol–water partition coefficient (Wildman–Crippen LogP) is 4.43. The molecule has 0 saturated heterocycles. The first-order chi connectivity index (χ1) is 8.56. The van der Waals surface area contributed by atoms with Gasteiger partial charge >= 0.3 is 0 Å². The van der Waals surface area contributed by atoms with Gasteiger partial charge in [-0.05, 0) is 31.0 Å². The summed E-state index contributed by atoms with van der Waals surface area (Å²) < 4.78 is 0. The van der Waals surface area contributed by atoms with Gasteiger partial charge in [-0.1, -0.05) is 52.0 Å². The Balaban J connectivity index is 2.06. The Kier molecular flexibility index (Phi) is 4.93. The van der Waals surface area contributed by atoms with E-state index in [1.807, 2.05) is 0 Å². The van der Waals surface area contributed by atoms with Crippen LogP contribution < -0.4 is 5.32 Å². The second-order valence-corrected chi connectivity index (χ2v) is 6.59. The fourth-order valence-corrected chi connectivity index (χ4v) is 3.43. The summed E-state index contributed by atoms with van der Waals surface area (Å²) in [6.45, 7) is 0. The molecule has 0 spiro atoms. The van der Waals surface area contributed by atoms with E-state index in [9.17, 15) is 4.79 Å². The standard InChI is InChI=1S/C13H14BrCl2NO/c14-11-3-1-2-4-12(11)17-13(18)8-5-9(15)7-10(16)6-8/h5-7,11-12H,1-4H2,(H,17,18). The molecule has 2 unspecified atom stereocenters. The van der Waals surface area contributed by atoms with Crippen LogP contribution in [0.15, 0.2) is 18.2 Å². The van der Waals surface area contributed by atoms with Gasteiger partial charge in [-0.25, -0.2) is 0 Å². The van der Waals surface area contributed by atoms with Crippen LogP contribution in [0.25, 0.3) is 0 Å². The summed E-state index contributed by atoms with van der Waals surface area (Å²) in [7, 11) is 0. The van der Waals surface area contributed by atoms with E-state index in [0.29, 0.717) is 20.4 Å². The molecule has 1 aromatic rings. The van der Waals surface area contributed by atoms with E-state index in [1.165, 1.54) is 6.42 Å². The minimum atomic E-state index is -0.115. The number of halogens is 3. The van der Waals surface area contributed by atoms with Crippen molar-refractivity contribution in [1.29, 1.82) is 0 Å². The average Bonchev–Trinajstić information content (AvgIpc) is 2.31. The molecule has 1 N–H and O–H groups in total. The summed E-state index contributed by atoms with van der Waals surface area (Å²) in [4.78, 5) is 12.5. The van der Waals surface area contributed by atoms with Crippen molar-refractivity contribution in [2.75, 3.05) is 0 Å². The van der Waals surface area contributed by atoms with Gasteiger partial charge in [0.15, 0.2) is 0 Å². The number of hydrogen-bond acceptors (Lipinski definition) is 1. The third kappa shape index (κ3) is 3.62. The third-order valence-electron chi connectivity index (χ3n) is 3.12. The van der Waals surface area contributed by atoms with Gasteiger partial charge in [-0.2, -0.15) is 0 Å². The summed E-state index contributed by atoms with van der Waals surface area (Å²) in [5.41, 5.74) is 0.512. The van der Waals surface area contributed by atoms with Gasteiger partial charge in [-0.3, -0.25) is 4.79 Å². The predicted molar refractivity (Wildman–Crippen MR) is 78.9 cm³/mol. The highest BCUT2D eigenvalue weighted by atomic mass is 79.9. The minimum absolute atomic E-state index is 0.115. The Morgan fingerprint density at radius 3 is 2.39 bits per heavy atom. The molecule has 0 aromatic heterocycles. The highest BCUT2D eigenvalue weighted by Gasteiger charge is 2.24. The SMILES string of the molecule is O=C(NC1CCCCC1Br)c1cc(Cl)cc(Cl)c1. The second kappa shape index (κ2) is 6.27. The van der Waals surface area contributed by atoms with Crippen molar-refractivity contribution in [1.82, 2.24) is 5.32 Å². The summed E-state index contributed by atoms with van der Waals surface area (Å²) in [5, 5.41) is 3.99. The van der Waals surface area contributed by atoms with E-state index >= 15 is 0 Å². The number of benzene rings is 1. The molecule has 98 valence electrons.